The maximum atomic E-state index is 15.5. The largest absolute Gasteiger partial charge is 0.469 e. The van der Waals surface area contributed by atoms with E-state index >= 15 is 4.39 Å². The van der Waals surface area contributed by atoms with Crippen LogP contribution in [0.3, 0.4) is 0 Å². The van der Waals surface area contributed by atoms with Crippen LogP contribution < -0.4 is 0 Å². The number of halogens is 1. The SMILES string of the molecule is O=[N+]([O-])[C@@](F)([C@@H](CCO)c1ccccc1)S(=O)(=O)c1ccccc1. The highest BCUT2D eigenvalue weighted by atomic mass is 32.2. The Labute approximate surface area is 138 Å². The van der Waals surface area contributed by atoms with Crippen molar-refractivity contribution in [3.63, 3.8) is 0 Å². The Hall–Kier alpha value is -2.32. The van der Waals surface area contributed by atoms with E-state index in [-0.39, 0.29) is 5.56 Å². The molecule has 0 aliphatic heterocycles. The van der Waals surface area contributed by atoms with Crippen molar-refractivity contribution < 1.29 is 22.8 Å². The molecule has 0 aromatic heterocycles. The molecule has 0 fully saturated rings. The number of sulfone groups is 1. The second kappa shape index (κ2) is 7.06. The van der Waals surface area contributed by atoms with Gasteiger partial charge in [-0.15, -0.1) is 4.39 Å². The molecule has 0 saturated carbocycles. The topological polar surface area (TPSA) is 97.5 Å². The van der Waals surface area contributed by atoms with E-state index in [2.05, 4.69) is 0 Å². The zero-order chi connectivity index (χ0) is 17.8. The lowest BCUT2D eigenvalue weighted by Crippen LogP contribution is -2.47. The fourth-order valence-corrected chi connectivity index (χ4v) is 4.21. The van der Waals surface area contributed by atoms with Crippen LogP contribution in [0.4, 0.5) is 4.39 Å². The number of nitro groups is 1. The number of hydrogen-bond donors (Lipinski definition) is 1. The molecule has 2 rings (SSSR count). The smallest absolute Gasteiger partial charge is 0.396 e. The number of alkyl halides is 1. The number of aliphatic hydroxyl groups is 1. The van der Waals surface area contributed by atoms with Gasteiger partial charge in [0.2, 0.25) is 0 Å². The van der Waals surface area contributed by atoms with E-state index in [1.54, 1.807) is 6.07 Å². The van der Waals surface area contributed by atoms with Crippen LogP contribution in [0.1, 0.15) is 17.9 Å². The predicted molar refractivity (Wildman–Crippen MR) is 85.3 cm³/mol. The molecule has 0 aliphatic rings. The molecule has 0 aliphatic carbocycles. The molecule has 2 aromatic carbocycles. The Bertz CT molecular complexity index is 798. The van der Waals surface area contributed by atoms with Crippen LogP contribution in [0.25, 0.3) is 0 Å². The van der Waals surface area contributed by atoms with Gasteiger partial charge in [0.05, 0.1) is 9.82 Å². The summed E-state index contributed by atoms with van der Waals surface area (Å²) in [5, 5.41) is 16.9. The van der Waals surface area contributed by atoms with Crippen molar-refractivity contribution in [2.24, 2.45) is 0 Å². The number of nitrogens with zero attached hydrogens (tertiary/aromatic N) is 1. The minimum atomic E-state index is -4.95. The Balaban J connectivity index is 2.67. The fraction of sp³-hybridized carbons (Fsp3) is 0.250. The van der Waals surface area contributed by atoms with Crippen molar-refractivity contribution in [2.45, 2.75) is 22.4 Å². The average molecular weight is 353 g/mol. The summed E-state index contributed by atoms with van der Waals surface area (Å²) in [6, 6.07) is 13.9. The van der Waals surface area contributed by atoms with E-state index in [9.17, 15) is 23.6 Å². The molecule has 1 N–H and O–H groups in total. The summed E-state index contributed by atoms with van der Waals surface area (Å²) in [7, 11) is -4.95. The minimum absolute atomic E-state index is 0.130. The second-order valence-electron chi connectivity index (χ2n) is 5.16. The van der Waals surface area contributed by atoms with Gasteiger partial charge in [0.25, 0.3) is 9.84 Å². The van der Waals surface area contributed by atoms with Gasteiger partial charge in [-0.1, -0.05) is 48.5 Å². The minimum Gasteiger partial charge on any atom is -0.396 e. The quantitative estimate of drug-likeness (QED) is 0.469. The Morgan fingerprint density at radius 2 is 1.58 bits per heavy atom. The maximum Gasteiger partial charge on any atom is 0.469 e. The molecule has 0 amide bonds. The first kappa shape index (κ1) is 18.0. The number of benzene rings is 2. The summed E-state index contributed by atoms with van der Waals surface area (Å²) in [5.74, 6) is -1.65. The van der Waals surface area contributed by atoms with Gasteiger partial charge in [0.15, 0.2) is 0 Å². The highest BCUT2D eigenvalue weighted by molar-refractivity contribution is 7.92. The summed E-state index contributed by atoms with van der Waals surface area (Å²) in [6.07, 6.45) is -0.409. The van der Waals surface area contributed by atoms with Gasteiger partial charge < -0.3 is 5.11 Å². The van der Waals surface area contributed by atoms with Gasteiger partial charge in [-0.2, -0.15) is 0 Å². The van der Waals surface area contributed by atoms with E-state index < -0.39 is 43.7 Å². The van der Waals surface area contributed by atoms with E-state index in [4.69, 9.17) is 0 Å². The lowest BCUT2D eigenvalue weighted by molar-refractivity contribution is -0.579. The van der Waals surface area contributed by atoms with Gasteiger partial charge in [0, 0.05) is 6.61 Å². The van der Waals surface area contributed by atoms with Gasteiger partial charge in [-0.3, -0.25) is 10.1 Å². The monoisotopic (exact) mass is 353 g/mol. The molecule has 0 unspecified atom stereocenters. The van der Waals surface area contributed by atoms with E-state index in [1.807, 2.05) is 0 Å². The number of aliphatic hydroxyl groups excluding tert-OH is 1. The van der Waals surface area contributed by atoms with Gasteiger partial charge >= 0.3 is 5.12 Å². The van der Waals surface area contributed by atoms with Crippen molar-refractivity contribution in [3.8, 4) is 0 Å². The van der Waals surface area contributed by atoms with Crippen molar-refractivity contribution in [1.29, 1.82) is 0 Å². The molecule has 0 saturated heterocycles. The van der Waals surface area contributed by atoms with Crippen molar-refractivity contribution >= 4 is 9.84 Å². The summed E-state index contributed by atoms with van der Waals surface area (Å²) in [5.41, 5.74) is 0.130. The Kier molecular flexibility index (Phi) is 5.30. The molecule has 2 aromatic rings. The Morgan fingerprint density at radius 1 is 1.08 bits per heavy atom. The average Bonchev–Trinajstić information content (AvgIpc) is 2.60. The van der Waals surface area contributed by atoms with Crippen LogP contribution in [-0.4, -0.2) is 30.2 Å². The molecule has 8 heteroatoms. The van der Waals surface area contributed by atoms with Crippen molar-refractivity contribution in [1.82, 2.24) is 0 Å². The third-order valence-corrected chi connectivity index (χ3v) is 5.81. The number of rotatable bonds is 7. The van der Waals surface area contributed by atoms with Crippen LogP contribution >= 0.6 is 0 Å². The van der Waals surface area contributed by atoms with Crippen LogP contribution in [-0.2, 0) is 9.84 Å². The van der Waals surface area contributed by atoms with E-state index in [1.165, 1.54) is 42.5 Å². The number of hydrogen-bond acceptors (Lipinski definition) is 5. The zero-order valence-electron chi connectivity index (χ0n) is 12.6. The standard InChI is InChI=1S/C16H16FNO5S/c17-16(18(20)21,24(22,23)14-9-5-2-6-10-14)15(11-12-19)13-7-3-1-4-8-13/h1-10,15,19H,11-12H2/t15-,16-/m0/s1. The molecule has 0 heterocycles. The maximum absolute atomic E-state index is 15.5. The van der Waals surface area contributed by atoms with Crippen LogP contribution in [0.15, 0.2) is 65.6 Å². The Morgan fingerprint density at radius 3 is 2.04 bits per heavy atom. The molecular formula is C16H16FNO5S. The second-order valence-corrected chi connectivity index (χ2v) is 7.21. The summed E-state index contributed by atoms with van der Waals surface area (Å²) in [4.78, 5) is 9.59. The first-order valence-corrected chi connectivity index (χ1v) is 8.63. The molecule has 0 spiro atoms. The third kappa shape index (κ3) is 3.02. The van der Waals surface area contributed by atoms with Crippen LogP contribution in [0.2, 0.25) is 0 Å². The molecular weight excluding hydrogens is 337 g/mol. The van der Waals surface area contributed by atoms with Crippen molar-refractivity contribution in [3.05, 3.63) is 76.3 Å². The predicted octanol–water partition coefficient (Wildman–Crippen LogP) is 2.53. The first-order chi connectivity index (χ1) is 11.4. The molecule has 0 radical (unpaired) electrons. The van der Waals surface area contributed by atoms with Crippen LogP contribution in [0, 0.1) is 10.1 Å². The normalized spacial score (nSPS) is 15.4. The molecule has 128 valence electrons. The summed E-state index contributed by atoms with van der Waals surface area (Å²) < 4.78 is 40.9. The van der Waals surface area contributed by atoms with Gasteiger partial charge in [-0.25, -0.2) is 8.42 Å². The van der Waals surface area contributed by atoms with E-state index in [0.717, 1.165) is 12.1 Å². The lowest BCUT2D eigenvalue weighted by atomic mass is 9.95. The lowest BCUT2D eigenvalue weighted by Gasteiger charge is -2.26. The molecule has 2 atom stereocenters. The molecule has 0 bridgehead atoms. The first-order valence-electron chi connectivity index (χ1n) is 7.14. The summed E-state index contributed by atoms with van der Waals surface area (Å²) in [6.45, 7) is -0.594. The summed E-state index contributed by atoms with van der Waals surface area (Å²) >= 11 is 0. The van der Waals surface area contributed by atoms with Crippen LogP contribution in [0.5, 0.6) is 0 Å². The molecule has 24 heavy (non-hydrogen) atoms. The highest BCUT2D eigenvalue weighted by Gasteiger charge is 2.63. The van der Waals surface area contributed by atoms with Crippen molar-refractivity contribution in [2.75, 3.05) is 6.61 Å². The molecule has 6 nitrogen and oxygen atoms in total. The zero-order valence-corrected chi connectivity index (χ0v) is 13.4. The van der Waals surface area contributed by atoms with Gasteiger partial charge in [0.1, 0.15) is 5.92 Å². The highest BCUT2D eigenvalue weighted by Crippen LogP contribution is 2.42. The van der Waals surface area contributed by atoms with Gasteiger partial charge in [-0.05, 0) is 24.1 Å². The fourth-order valence-electron chi connectivity index (χ4n) is 2.54. The third-order valence-electron chi connectivity index (χ3n) is 3.73. The van der Waals surface area contributed by atoms with E-state index in [0.29, 0.717) is 0 Å².